The van der Waals surface area contributed by atoms with E-state index >= 15 is 0 Å². The summed E-state index contributed by atoms with van der Waals surface area (Å²) in [4.78, 5) is 21.0. The summed E-state index contributed by atoms with van der Waals surface area (Å²) in [5.74, 6) is 0.464. The van der Waals surface area contributed by atoms with Crippen molar-refractivity contribution in [3.05, 3.63) is 58.1 Å². The molecule has 0 aliphatic rings. The van der Waals surface area contributed by atoms with E-state index in [1.807, 2.05) is 25.1 Å². The van der Waals surface area contributed by atoms with E-state index < -0.39 is 0 Å². The molecule has 0 saturated heterocycles. The van der Waals surface area contributed by atoms with Gasteiger partial charge in [-0.25, -0.2) is 4.98 Å². The molecule has 4 aromatic rings. The number of pyridine rings is 1. The highest BCUT2D eigenvalue weighted by atomic mass is 16.3. The zero-order chi connectivity index (χ0) is 15.3. The van der Waals surface area contributed by atoms with Crippen LogP contribution < -0.4 is 5.43 Å². The van der Waals surface area contributed by atoms with E-state index in [0.29, 0.717) is 39.2 Å². The number of aromatic nitrogens is 2. The maximum absolute atomic E-state index is 12.6. The van der Waals surface area contributed by atoms with Gasteiger partial charge in [0, 0.05) is 5.56 Å². The Kier molecular flexibility index (Phi) is 2.63. The fourth-order valence-corrected chi connectivity index (χ4v) is 2.53. The monoisotopic (exact) mass is 292 g/mol. The van der Waals surface area contributed by atoms with Crippen molar-refractivity contribution in [1.82, 2.24) is 9.97 Å². The van der Waals surface area contributed by atoms with E-state index in [-0.39, 0.29) is 5.43 Å². The van der Waals surface area contributed by atoms with Crippen LogP contribution in [0.15, 0.2) is 50.4 Å². The first kappa shape index (κ1) is 12.8. The molecule has 108 valence electrons. The van der Waals surface area contributed by atoms with Crippen LogP contribution in [0.5, 0.6) is 0 Å². The van der Waals surface area contributed by atoms with Gasteiger partial charge in [-0.15, -0.1) is 0 Å². The normalized spacial score (nSPS) is 11.4. The molecule has 0 radical (unpaired) electrons. The number of nitrogens with zero attached hydrogens (tertiary/aromatic N) is 2. The Morgan fingerprint density at radius 2 is 1.86 bits per heavy atom. The molecule has 0 aliphatic carbocycles. The van der Waals surface area contributed by atoms with Crippen molar-refractivity contribution in [2.45, 2.75) is 13.8 Å². The van der Waals surface area contributed by atoms with E-state index in [1.165, 1.54) is 6.39 Å². The lowest BCUT2D eigenvalue weighted by Gasteiger charge is -2.06. The lowest BCUT2D eigenvalue weighted by molar-refractivity contribution is 0.601. The van der Waals surface area contributed by atoms with Gasteiger partial charge in [-0.3, -0.25) is 4.79 Å². The summed E-state index contributed by atoms with van der Waals surface area (Å²) in [7, 11) is 0. The Bertz CT molecular complexity index is 1080. The molecule has 22 heavy (non-hydrogen) atoms. The summed E-state index contributed by atoms with van der Waals surface area (Å²) >= 11 is 0. The predicted molar refractivity (Wildman–Crippen MR) is 82.8 cm³/mol. The molecule has 0 atom stereocenters. The van der Waals surface area contributed by atoms with E-state index in [0.717, 1.165) is 5.56 Å². The van der Waals surface area contributed by atoms with Crippen LogP contribution in [0.3, 0.4) is 0 Å². The van der Waals surface area contributed by atoms with Crippen molar-refractivity contribution >= 4 is 22.2 Å². The lowest BCUT2D eigenvalue weighted by atomic mass is 10.1. The van der Waals surface area contributed by atoms with Gasteiger partial charge in [0.1, 0.15) is 11.3 Å². The van der Waals surface area contributed by atoms with Crippen molar-refractivity contribution in [1.29, 1.82) is 0 Å². The molecule has 5 heteroatoms. The Hall–Kier alpha value is -2.95. The first-order valence-corrected chi connectivity index (χ1v) is 6.88. The second-order valence-electron chi connectivity index (χ2n) is 5.26. The first-order valence-electron chi connectivity index (χ1n) is 6.88. The fourth-order valence-electron chi connectivity index (χ4n) is 2.53. The van der Waals surface area contributed by atoms with Gasteiger partial charge in [0.15, 0.2) is 28.8 Å². The largest absolute Gasteiger partial charge is 0.454 e. The van der Waals surface area contributed by atoms with Crippen LogP contribution in [0.1, 0.15) is 11.1 Å². The molecule has 0 unspecified atom stereocenters. The average Bonchev–Trinajstić information content (AvgIpc) is 2.99. The molecular formula is C17H12N2O3. The van der Waals surface area contributed by atoms with Gasteiger partial charge in [0.25, 0.3) is 0 Å². The first-order chi connectivity index (χ1) is 10.6. The second kappa shape index (κ2) is 4.53. The summed E-state index contributed by atoms with van der Waals surface area (Å²) in [6.45, 7) is 3.69. The minimum atomic E-state index is -0.0398. The van der Waals surface area contributed by atoms with Crippen LogP contribution in [-0.2, 0) is 0 Å². The van der Waals surface area contributed by atoms with Crippen LogP contribution in [-0.4, -0.2) is 9.97 Å². The van der Waals surface area contributed by atoms with Crippen LogP contribution in [0.25, 0.3) is 33.7 Å². The molecule has 3 aromatic heterocycles. The van der Waals surface area contributed by atoms with E-state index in [9.17, 15) is 4.79 Å². The number of hydrogen-bond donors (Lipinski definition) is 0. The number of fused-ring (bicyclic) bond motifs is 2. The van der Waals surface area contributed by atoms with E-state index in [1.54, 1.807) is 19.1 Å². The maximum atomic E-state index is 12.6. The van der Waals surface area contributed by atoms with E-state index in [2.05, 4.69) is 9.97 Å². The molecule has 0 aliphatic heterocycles. The fraction of sp³-hybridized carbons (Fsp3) is 0.118. The SMILES string of the molecule is Cc1ccc2oc(-c3ccc4ocnc4n3)c(C)c(=O)c2c1. The molecule has 0 N–H and O–H groups in total. The number of aryl methyl sites for hydroxylation is 1. The van der Waals surface area contributed by atoms with Crippen LogP contribution in [0.4, 0.5) is 0 Å². The van der Waals surface area contributed by atoms with Crippen LogP contribution in [0.2, 0.25) is 0 Å². The third-order valence-corrected chi connectivity index (χ3v) is 3.70. The molecule has 0 bridgehead atoms. The van der Waals surface area contributed by atoms with Crippen LogP contribution >= 0.6 is 0 Å². The number of oxazole rings is 1. The Balaban J connectivity index is 2.03. The molecule has 0 spiro atoms. The third kappa shape index (κ3) is 1.83. The van der Waals surface area contributed by atoms with Gasteiger partial charge < -0.3 is 8.83 Å². The van der Waals surface area contributed by atoms with Crippen LogP contribution in [0, 0.1) is 13.8 Å². The summed E-state index contributed by atoms with van der Waals surface area (Å²) < 4.78 is 11.1. The molecule has 3 heterocycles. The zero-order valence-corrected chi connectivity index (χ0v) is 12.1. The highest BCUT2D eigenvalue weighted by molar-refractivity contribution is 5.81. The zero-order valence-electron chi connectivity index (χ0n) is 12.1. The maximum Gasteiger partial charge on any atom is 0.199 e. The van der Waals surface area contributed by atoms with Crippen molar-refractivity contribution < 1.29 is 8.83 Å². The predicted octanol–water partition coefficient (Wildman–Crippen LogP) is 3.61. The lowest BCUT2D eigenvalue weighted by Crippen LogP contribution is -2.07. The van der Waals surface area contributed by atoms with Crippen molar-refractivity contribution in [3.8, 4) is 11.5 Å². The Labute approximate surface area is 125 Å². The molecule has 0 amide bonds. The summed E-state index contributed by atoms with van der Waals surface area (Å²) in [6.07, 6.45) is 1.34. The molecule has 0 fully saturated rings. The van der Waals surface area contributed by atoms with Gasteiger partial charge in [-0.2, -0.15) is 4.98 Å². The minimum absolute atomic E-state index is 0.0398. The second-order valence-corrected chi connectivity index (χ2v) is 5.26. The smallest absolute Gasteiger partial charge is 0.199 e. The molecule has 0 saturated carbocycles. The van der Waals surface area contributed by atoms with Gasteiger partial charge >= 0.3 is 0 Å². The van der Waals surface area contributed by atoms with Gasteiger partial charge in [-0.1, -0.05) is 11.6 Å². The number of hydrogen-bond acceptors (Lipinski definition) is 5. The average molecular weight is 292 g/mol. The minimum Gasteiger partial charge on any atom is -0.454 e. The summed E-state index contributed by atoms with van der Waals surface area (Å²) in [5, 5.41) is 0.587. The quantitative estimate of drug-likeness (QED) is 0.536. The van der Waals surface area contributed by atoms with Crippen molar-refractivity contribution in [3.63, 3.8) is 0 Å². The highest BCUT2D eigenvalue weighted by Crippen LogP contribution is 2.26. The highest BCUT2D eigenvalue weighted by Gasteiger charge is 2.15. The Morgan fingerprint density at radius 3 is 2.73 bits per heavy atom. The van der Waals surface area contributed by atoms with Crippen molar-refractivity contribution in [2.24, 2.45) is 0 Å². The topological polar surface area (TPSA) is 69.1 Å². The van der Waals surface area contributed by atoms with Gasteiger partial charge in [0.2, 0.25) is 0 Å². The standard InChI is InChI=1S/C17H12N2O3/c1-9-3-5-13-11(7-9)15(20)10(2)16(22-13)12-4-6-14-17(19-12)18-8-21-14/h3-8H,1-2H3. The molecule has 5 nitrogen and oxygen atoms in total. The number of rotatable bonds is 1. The van der Waals surface area contributed by atoms with Crippen molar-refractivity contribution in [2.75, 3.05) is 0 Å². The summed E-state index contributed by atoms with van der Waals surface area (Å²) in [6, 6.07) is 9.09. The Morgan fingerprint density at radius 1 is 1.05 bits per heavy atom. The van der Waals surface area contributed by atoms with Gasteiger partial charge in [-0.05, 0) is 38.1 Å². The summed E-state index contributed by atoms with van der Waals surface area (Å²) in [5.41, 5.74) is 3.73. The van der Waals surface area contributed by atoms with E-state index in [4.69, 9.17) is 8.83 Å². The third-order valence-electron chi connectivity index (χ3n) is 3.70. The molecule has 1 aromatic carbocycles. The number of benzene rings is 1. The van der Waals surface area contributed by atoms with Gasteiger partial charge in [0.05, 0.1) is 5.39 Å². The molecular weight excluding hydrogens is 280 g/mol. The molecule has 4 rings (SSSR count).